The Morgan fingerprint density at radius 1 is 1.11 bits per heavy atom. The summed E-state index contributed by atoms with van der Waals surface area (Å²) in [6.45, 7) is 3.27. The monoisotopic (exact) mass is 263 g/mol. The molecular formula is C16H25NO2. The van der Waals surface area contributed by atoms with Gasteiger partial charge in [-0.3, -0.25) is 0 Å². The van der Waals surface area contributed by atoms with Gasteiger partial charge in [0.1, 0.15) is 0 Å². The van der Waals surface area contributed by atoms with Crippen LogP contribution in [0.15, 0.2) is 30.3 Å². The van der Waals surface area contributed by atoms with Gasteiger partial charge in [0.05, 0.1) is 13.2 Å². The van der Waals surface area contributed by atoms with Gasteiger partial charge in [0, 0.05) is 19.8 Å². The van der Waals surface area contributed by atoms with Crippen LogP contribution in [0.3, 0.4) is 0 Å². The molecule has 1 fully saturated rings. The topological polar surface area (TPSA) is 30.5 Å². The molecule has 1 saturated carbocycles. The van der Waals surface area contributed by atoms with Crippen LogP contribution < -0.4 is 5.32 Å². The van der Waals surface area contributed by atoms with E-state index in [-0.39, 0.29) is 0 Å². The molecule has 0 heterocycles. The highest BCUT2D eigenvalue weighted by atomic mass is 16.5. The van der Waals surface area contributed by atoms with Crippen molar-refractivity contribution in [3.63, 3.8) is 0 Å². The lowest BCUT2D eigenvalue weighted by Crippen LogP contribution is -2.40. The molecule has 0 aromatic heterocycles. The first kappa shape index (κ1) is 14.5. The van der Waals surface area contributed by atoms with Crippen LogP contribution in [0, 0.1) is 0 Å². The first-order chi connectivity index (χ1) is 9.40. The van der Waals surface area contributed by atoms with E-state index in [1.54, 1.807) is 7.11 Å². The Kier molecular flexibility index (Phi) is 6.34. The molecule has 1 aromatic carbocycles. The van der Waals surface area contributed by atoms with Gasteiger partial charge in [0.25, 0.3) is 0 Å². The molecule has 0 spiro atoms. The lowest BCUT2D eigenvalue weighted by Gasteiger charge is -2.36. The van der Waals surface area contributed by atoms with Gasteiger partial charge in [0.2, 0.25) is 0 Å². The summed E-state index contributed by atoms with van der Waals surface area (Å²) in [7, 11) is 1.70. The minimum atomic E-state index is 0.689. The summed E-state index contributed by atoms with van der Waals surface area (Å²) in [5.41, 5.74) is 1.49. The second-order valence-corrected chi connectivity index (χ2v) is 5.19. The molecule has 19 heavy (non-hydrogen) atoms. The van der Waals surface area contributed by atoms with E-state index in [0.717, 1.165) is 25.5 Å². The molecule has 0 amide bonds. The van der Waals surface area contributed by atoms with Crippen molar-refractivity contribution in [1.82, 2.24) is 5.32 Å². The molecule has 0 saturated heterocycles. The Morgan fingerprint density at radius 3 is 2.63 bits per heavy atom. The Bertz CT molecular complexity index is 336. The second-order valence-electron chi connectivity index (χ2n) is 5.19. The second kappa shape index (κ2) is 8.31. The van der Waals surface area contributed by atoms with E-state index in [1.807, 2.05) is 0 Å². The van der Waals surface area contributed by atoms with Gasteiger partial charge >= 0.3 is 0 Å². The van der Waals surface area contributed by atoms with Crippen molar-refractivity contribution in [2.24, 2.45) is 0 Å². The predicted octanol–water partition coefficient (Wildman–Crippen LogP) is 2.58. The maximum absolute atomic E-state index is 5.43. The fourth-order valence-electron chi connectivity index (χ4n) is 2.51. The van der Waals surface area contributed by atoms with Gasteiger partial charge in [-0.2, -0.15) is 0 Å². The predicted molar refractivity (Wildman–Crippen MR) is 77.5 cm³/mol. The first-order valence-electron chi connectivity index (χ1n) is 7.25. The van der Waals surface area contributed by atoms with E-state index in [9.17, 15) is 0 Å². The standard InChI is InChI=1S/C16H25NO2/c1-18-10-11-19-9-5-8-17-16-12-15(13-16)14-6-3-2-4-7-14/h2-4,6-7,15-17H,5,8-13H2,1H3. The highest BCUT2D eigenvalue weighted by Gasteiger charge is 2.29. The number of hydrogen-bond acceptors (Lipinski definition) is 3. The molecule has 0 radical (unpaired) electrons. The summed E-state index contributed by atoms with van der Waals surface area (Å²) in [6.07, 6.45) is 3.62. The number of benzene rings is 1. The van der Waals surface area contributed by atoms with Crippen LogP contribution in [0.1, 0.15) is 30.7 Å². The fraction of sp³-hybridized carbons (Fsp3) is 0.625. The van der Waals surface area contributed by atoms with E-state index in [2.05, 4.69) is 35.6 Å². The fourth-order valence-corrected chi connectivity index (χ4v) is 2.51. The zero-order chi connectivity index (χ0) is 13.3. The van der Waals surface area contributed by atoms with E-state index in [0.29, 0.717) is 19.3 Å². The highest BCUT2D eigenvalue weighted by Crippen LogP contribution is 2.36. The Hall–Kier alpha value is -0.900. The third-order valence-corrected chi connectivity index (χ3v) is 3.74. The largest absolute Gasteiger partial charge is 0.382 e. The third kappa shape index (κ3) is 4.94. The summed E-state index contributed by atoms with van der Waals surface area (Å²) in [4.78, 5) is 0. The number of ether oxygens (including phenoxy) is 2. The first-order valence-corrected chi connectivity index (χ1v) is 7.25. The van der Waals surface area contributed by atoms with Crippen molar-refractivity contribution in [2.75, 3.05) is 33.5 Å². The van der Waals surface area contributed by atoms with Crippen LogP contribution in [-0.4, -0.2) is 39.5 Å². The Labute approximate surface area is 116 Å². The van der Waals surface area contributed by atoms with Crippen molar-refractivity contribution in [2.45, 2.75) is 31.2 Å². The summed E-state index contributed by atoms with van der Waals surface area (Å²) in [6, 6.07) is 11.5. The molecule has 1 aromatic rings. The number of hydrogen-bond donors (Lipinski definition) is 1. The average Bonchev–Trinajstić information content (AvgIpc) is 2.40. The van der Waals surface area contributed by atoms with Gasteiger partial charge < -0.3 is 14.8 Å². The van der Waals surface area contributed by atoms with Crippen molar-refractivity contribution < 1.29 is 9.47 Å². The lowest BCUT2D eigenvalue weighted by atomic mass is 9.76. The molecule has 3 nitrogen and oxygen atoms in total. The van der Waals surface area contributed by atoms with Crippen LogP contribution >= 0.6 is 0 Å². The van der Waals surface area contributed by atoms with Gasteiger partial charge in [-0.25, -0.2) is 0 Å². The lowest BCUT2D eigenvalue weighted by molar-refractivity contribution is 0.0688. The Morgan fingerprint density at radius 2 is 1.89 bits per heavy atom. The Balaban J connectivity index is 1.47. The van der Waals surface area contributed by atoms with E-state index < -0.39 is 0 Å². The quantitative estimate of drug-likeness (QED) is 0.695. The minimum Gasteiger partial charge on any atom is -0.382 e. The van der Waals surface area contributed by atoms with Gasteiger partial charge in [-0.15, -0.1) is 0 Å². The van der Waals surface area contributed by atoms with Gasteiger partial charge in [-0.05, 0) is 37.3 Å². The smallest absolute Gasteiger partial charge is 0.0700 e. The van der Waals surface area contributed by atoms with Crippen LogP contribution in [0.5, 0.6) is 0 Å². The number of nitrogens with one attached hydrogen (secondary N) is 1. The van der Waals surface area contributed by atoms with E-state index in [4.69, 9.17) is 9.47 Å². The van der Waals surface area contributed by atoms with Gasteiger partial charge in [0.15, 0.2) is 0 Å². The number of methoxy groups -OCH3 is 1. The van der Waals surface area contributed by atoms with E-state index in [1.165, 1.54) is 18.4 Å². The zero-order valence-electron chi connectivity index (χ0n) is 11.8. The van der Waals surface area contributed by atoms with Crippen LogP contribution in [0.4, 0.5) is 0 Å². The summed E-state index contributed by atoms with van der Waals surface area (Å²) < 4.78 is 10.4. The molecule has 2 rings (SSSR count). The molecule has 0 unspecified atom stereocenters. The molecule has 0 aliphatic heterocycles. The van der Waals surface area contributed by atoms with Crippen molar-refractivity contribution >= 4 is 0 Å². The average molecular weight is 263 g/mol. The molecular weight excluding hydrogens is 238 g/mol. The SMILES string of the molecule is COCCOCCCNC1CC(c2ccccc2)C1. The zero-order valence-corrected chi connectivity index (χ0v) is 11.8. The van der Waals surface area contributed by atoms with Crippen molar-refractivity contribution in [1.29, 1.82) is 0 Å². The maximum Gasteiger partial charge on any atom is 0.0700 e. The molecule has 106 valence electrons. The number of rotatable bonds is 9. The van der Waals surface area contributed by atoms with Crippen LogP contribution in [0.25, 0.3) is 0 Å². The third-order valence-electron chi connectivity index (χ3n) is 3.74. The summed E-state index contributed by atoms with van der Waals surface area (Å²) >= 11 is 0. The molecule has 1 aliphatic rings. The molecule has 1 aliphatic carbocycles. The normalized spacial score (nSPS) is 22.2. The summed E-state index contributed by atoms with van der Waals surface area (Å²) in [5, 5.41) is 3.60. The van der Waals surface area contributed by atoms with Crippen molar-refractivity contribution in [3.8, 4) is 0 Å². The molecule has 0 atom stereocenters. The molecule has 1 N–H and O–H groups in total. The van der Waals surface area contributed by atoms with Crippen LogP contribution in [0.2, 0.25) is 0 Å². The summed E-state index contributed by atoms with van der Waals surface area (Å²) in [5.74, 6) is 0.761. The minimum absolute atomic E-state index is 0.689. The maximum atomic E-state index is 5.43. The highest BCUT2D eigenvalue weighted by molar-refractivity contribution is 5.22. The molecule has 3 heteroatoms. The van der Waals surface area contributed by atoms with Crippen molar-refractivity contribution in [3.05, 3.63) is 35.9 Å². The van der Waals surface area contributed by atoms with E-state index >= 15 is 0 Å². The van der Waals surface area contributed by atoms with Crippen LogP contribution in [-0.2, 0) is 9.47 Å². The van der Waals surface area contributed by atoms with Gasteiger partial charge in [-0.1, -0.05) is 30.3 Å². The molecule has 0 bridgehead atoms.